The Morgan fingerprint density at radius 3 is 2.63 bits per heavy atom. The Kier molecular flexibility index (Phi) is 5.27. The minimum absolute atomic E-state index is 0.0173. The summed E-state index contributed by atoms with van der Waals surface area (Å²) in [6.07, 6.45) is 4.84. The number of benzene rings is 1. The fraction of sp³-hybridized carbons (Fsp3) is 0.450. The molecule has 1 amide bonds. The number of carbonyl (C=O) groups is 1. The smallest absolute Gasteiger partial charge is 0.271 e. The van der Waals surface area contributed by atoms with Crippen molar-refractivity contribution in [1.29, 1.82) is 0 Å². The van der Waals surface area contributed by atoms with Gasteiger partial charge in [-0.15, -0.1) is 0 Å². The molecule has 1 saturated heterocycles. The fourth-order valence-corrected chi connectivity index (χ4v) is 3.91. The summed E-state index contributed by atoms with van der Waals surface area (Å²) < 4.78 is 5.36. The lowest BCUT2D eigenvalue weighted by Crippen LogP contribution is -2.45. The van der Waals surface area contributed by atoms with Crippen LogP contribution in [0.25, 0.3) is 0 Å². The quantitative estimate of drug-likeness (QED) is 0.855. The van der Waals surface area contributed by atoms with Crippen LogP contribution in [0.3, 0.4) is 0 Å². The second kappa shape index (κ2) is 7.82. The van der Waals surface area contributed by atoms with E-state index >= 15 is 0 Å². The molecule has 0 spiro atoms. The molecular formula is C20H23ClN4O2. The van der Waals surface area contributed by atoms with Crippen LogP contribution in [-0.2, 0) is 10.2 Å². The maximum Gasteiger partial charge on any atom is 0.271 e. The SMILES string of the molecule is O=C(NCC1(c2ccccc2)CCC1)c1nc(N2CCOCC2)ncc1Cl. The Hall–Kier alpha value is -2.18. The number of morpholine rings is 1. The lowest BCUT2D eigenvalue weighted by atomic mass is 9.64. The lowest BCUT2D eigenvalue weighted by molar-refractivity contribution is 0.0922. The van der Waals surface area contributed by atoms with Gasteiger partial charge in [0.25, 0.3) is 5.91 Å². The van der Waals surface area contributed by atoms with Crippen molar-refractivity contribution in [3.63, 3.8) is 0 Å². The average molecular weight is 387 g/mol. The molecule has 27 heavy (non-hydrogen) atoms. The van der Waals surface area contributed by atoms with Crippen molar-refractivity contribution in [2.24, 2.45) is 0 Å². The van der Waals surface area contributed by atoms with E-state index in [1.54, 1.807) is 0 Å². The zero-order chi connectivity index (χ0) is 18.7. The standard InChI is InChI=1S/C20H23ClN4O2/c21-16-13-22-19(25-9-11-27-12-10-25)24-17(16)18(26)23-14-20(7-4-8-20)15-5-2-1-3-6-15/h1-3,5-6,13H,4,7-12,14H2,(H,23,26). The summed E-state index contributed by atoms with van der Waals surface area (Å²) in [6, 6.07) is 10.4. The van der Waals surface area contributed by atoms with Gasteiger partial charge in [0.05, 0.1) is 24.4 Å². The van der Waals surface area contributed by atoms with Gasteiger partial charge in [-0.05, 0) is 18.4 Å². The summed E-state index contributed by atoms with van der Waals surface area (Å²) in [5.41, 5.74) is 1.53. The normalized spacial score (nSPS) is 18.6. The van der Waals surface area contributed by atoms with Gasteiger partial charge in [-0.2, -0.15) is 0 Å². The molecule has 2 aromatic rings. The van der Waals surface area contributed by atoms with Crippen molar-refractivity contribution < 1.29 is 9.53 Å². The molecular weight excluding hydrogens is 364 g/mol. The fourth-order valence-electron chi connectivity index (χ4n) is 3.73. The van der Waals surface area contributed by atoms with Gasteiger partial charge in [-0.1, -0.05) is 48.4 Å². The molecule has 2 aliphatic rings. The van der Waals surface area contributed by atoms with Crippen LogP contribution in [0.4, 0.5) is 5.95 Å². The van der Waals surface area contributed by atoms with Gasteiger partial charge >= 0.3 is 0 Å². The maximum atomic E-state index is 12.8. The van der Waals surface area contributed by atoms with E-state index in [0.29, 0.717) is 38.8 Å². The Morgan fingerprint density at radius 1 is 1.22 bits per heavy atom. The molecule has 6 nitrogen and oxygen atoms in total. The topological polar surface area (TPSA) is 67.4 Å². The van der Waals surface area contributed by atoms with Crippen LogP contribution < -0.4 is 10.2 Å². The summed E-state index contributed by atoms with van der Waals surface area (Å²) in [5.74, 6) is 0.272. The first-order chi connectivity index (χ1) is 13.2. The molecule has 0 atom stereocenters. The number of ether oxygens (including phenoxy) is 1. The first-order valence-corrected chi connectivity index (χ1v) is 9.75. The Balaban J connectivity index is 1.48. The van der Waals surface area contributed by atoms with Crippen molar-refractivity contribution in [2.45, 2.75) is 24.7 Å². The Bertz CT molecular complexity index is 805. The van der Waals surface area contributed by atoms with Crippen molar-refractivity contribution in [3.05, 3.63) is 52.8 Å². The molecule has 4 rings (SSSR count). The van der Waals surface area contributed by atoms with Gasteiger partial charge < -0.3 is 15.0 Å². The summed E-state index contributed by atoms with van der Waals surface area (Å²) in [6.45, 7) is 3.27. The van der Waals surface area contributed by atoms with Crippen molar-refractivity contribution >= 4 is 23.5 Å². The molecule has 0 bridgehead atoms. The van der Waals surface area contributed by atoms with Gasteiger partial charge in [0, 0.05) is 25.0 Å². The molecule has 0 radical (unpaired) electrons. The van der Waals surface area contributed by atoms with E-state index in [4.69, 9.17) is 16.3 Å². The molecule has 1 N–H and O–H groups in total. The predicted molar refractivity (Wildman–Crippen MR) is 104 cm³/mol. The number of carbonyl (C=O) groups excluding carboxylic acids is 1. The van der Waals surface area contributed by atoms with Crippen molar-refractivity contribution in [1.82, 2.24) is 15.3 Å². The van der Waals surface area contributed by atoms with Gasteiger partial charge in [0.2, 0.25) is 5.95 Å². The third-order valence-electron chi connectivity index (χ3n) is 5.52. The van der Waals surface area contributed by atoms with Crippen LogP contribution in [0.1, 0.15) is 35.3 Å². The van der Waals surface area contributed by atoms with Crippen LogP contribution in [0.15, 0.2) is 36.5 Å². The molecule has 0 unspecified atom stereocenters. The molecule has 1 aliphatic heterocycles. The number of nitrogens with zero attached hydrogens (tertiary/aromatic N) is 3. The van der Waals surface area contributed by atoms with Crippen LogP contribution in [0.2, 0.25) is 5.02 Å². The molecule has 1 aromatic heterocycles. The molecule has 7 heteroatoms. The minimum Gasteiger partial charge on any atom is -0.378 e. The summed E-state index contributed by atoms with van der Waals surface area (Å²) in [4.78, 5) is 23.5. The highest BCUT2D eigenvalue weighted by atomic mass is 35.5. The third kappa shape index (κ3) is 3.77. The number of halogens is 1. The maximum absolute atomic E-state index is 12.8. The zero-order valence-corrected chi connectivity index (χ0v) is 15.9. The van der Waals surface area contributed by atoms with E-state index in [2.05, 4.69) is 27.4 Å². The van der Waals surface area contributed by atoms with Crippen LogP contribution in [-0.4, -0.2) is 48.7 Å². The first kappa shape index (κ1) is 18.2. The van der Waals surface area contributed by atoms with Crippen LogP contribution in [0, 0.1) is 0 Å². The van der Waals surface area contributed by atoms with Crippen molar-refractivity contribution in [3.8, 4) is 0 Å². The van der Waals surface area contributed by atoms with Gasteiger partial charge in [-0.3, -0.25) is 4.79 Å². The summed E-state index contributed by atoms with van der Waals surface area (Å²) in [7, 11) is 0. The van der Waals surface area contributed by atoms with Gasteiger partial charge in [0.15, 0.2) is 5.69 Å². The zero-order valence-electron chi connectivity index (χ0n) is 15.2. The molecule has 1 aromatic carbocycles. The van der Waals surface area contributed by atoms with E-state index in [-0.39, 0.29) is 22.0 Å². The second-order valence-electron chi connectivity index (χ2n) is 7.15. The van der Waals surface area contributed by atoms with E-state index in [0.717, 1.165) is 12.8 Å². The highest BCUT2D eigenvalue weighted by Gasteiger charge is 2.39. The monoisotopic (exact) mass is 386 g/mol. The van der Waals surface area contributed by atoms with E-state index < -0.39 is 0 Å². The van der Waals surface area contributed by atoms with Gasteiger partial charge in [0.1, 0.15) is 0 Å². The van der Waals surface area contributed by atoms with E-state index in [9.17, 15) is 4.79 Å². The lowest BCUT2D eigenvalue weighted by Gasteiger charge is -2.42. The molecule has 2 fully saturated rings. The molecule has 1 aliphatic carbocycles. The van der Waals surface area contributed by atoms with Gasteiger partial charge in [-0.25, -0.2) is 9.97 Å². The van der Waals surface area contributed by atoms with Crippen molar-refractivity contribution in [2.75, 3.05) is 37.7 Å². The first-order valence-electron chi connectivity index (χ1n) is 9.37. The number of amides is 1. The predicted octanol–water partition coefficient (Wildman–Crippen LogP) is 2.82. The van der Waals surface area contributed by atoms with Crippen LogP contribution in [0.5, 0.6) is 0 Å². The number of aromatic nitrogens is 2. The molecule has 1 saturated carbocycles. The molecule has 2 heterocycles. The molecule has 142 valence electrons. The Labute approximate surface area is 163 Å². The number of hydrogen-bond donors (Lipinski definition) is 1. The van der Waals surface area contributed by atoms with Crippen LogP contribution >= 0.6 is 11.6 Å². The van der Waals surface area contributed by atoms with E-state index in [1.165, 1.54) is 18.2 Å². The number of nitrogens with one attached hydrogen (secondary N) is 1. The minimum atomic E-state index is -0.251. The summed E-state index contributed by atoms with van der Waals surface area (Å²) >= 11 is 6.22. The Morgan fingerprint density at radius 2 is 1.96 bits per heavy atom. The largest absolute Gasteiger partial charge is 0.378 e. The number of rotatable bonds is 5. The number of anilines is 1. The second-order valence-corrected chi connectivity index (χ2v) is 7.56. The average Bonchev–Trinajstić information content (AvgIpc) is 2.69. The highest BCUT2D eigenvalue weighted by molar-refractivity contribution is 6.33. The highest BCUT2D eigenvalue weighted by Crippen LogP contribution is 2.43. The van der Waals surface area contributed by atoms with E-state index in [1.807, 2.05) is 23.1 Å². The number of hydrogen-bond acceptors (Lipinski definition) is 5. The summed E-state index contributed by atoms with van der Waals surface area (Å²) in [5, 5.41) is 3.32. The third-order valence-corrected chi connectivity index (χ3v) is 5.80.